The lowest BCUT2D eigenvalue weighted by Gasteiger charge is -2.08. The van der Waals surface area contributed by atoms with Crippen LogP contribution in [0, 0.1) is 12.7 Å². The number of benzene rings is 3. The molecule has 2 aromatic heterocycles. The summed E-state index contributed by atoms with van der Waals surface area (Å²) in [6.45, 7) is 1.86. The monoisotopic (exact) mass is 454 g/mol. The molecule has 0 spiro atoms. The van der Waals surface area contributed by atoms with Crippen molar-refractivity contribution in [2.75, 3.05) is 5.32 Å². The number of aromatic nitrogens is 3. The minimum atomic E-state index is -0.293. The molecule has 0 unspecified atom stereocenters. The summed E-state index contributed by atoms with van der Waals surface area (Å²) in [5.74, 6) is 0.00872. The number of thiazole rings is 1. The molecule has 0 aliphatic rings. The fourth-order valence-corrected chi connectivity index (χ4v) is 4.28. The molecule has 33 heavy (non-hydrogen) atoms. The molecule has 3 aromatic carbocycles. The zero-order valence-electron chi connectivity index (χ0n) is 17.7. The summed E-state index contributed by atoms with van der Waals surface area (Å²) in [5.41, 5.74) is 4.97. The number of amides is 1. The van der Waals surface area contributed by atoms with Crippen LogP contribution >= 0.6 is 11.3 Å². The molecule has 0 aliphatic heterocycles. The fourth-order valence-electron chi connectivity index (χ4n) is 3.48. The Morgan fingerprint density at radius 2 is 1.58 bits per heavy atom. The Morgan fingerprint density at radius 1 is 0.909 bits per heavy atom. The van der Waals surface area contributed by atoms with Crippen molar-refractivity contribution in [3.63, 3.8) is 0 Å². The van der Waals surface area contributed by atoms with Crippen LogP contribution in [-0.4, -0.2) is 20.7 Å². The molecule has 1 amide bonds. The zero-order chi connectivity index (χ0) is 22.8. The molecule has 0 radical (unpaired) electrons. The van der Waals surface area contributed by atoms with Gasteiger partial charge in [0.2, 0.25) is 5.13 Å². The van der Waals surface area contributed by atoms with Gasteiger partial charge in [0.1, 0.15) is 11.6 Å². The van der Waals surface area contributed by atoms with E-state index in [4.69, 9.17) is 0 Å². The average Bonchev–Trinajstić information content (AvgIpc) is 3.47. The molecular formula is C26H19FN4OS. The van der Waals surface area contributed by atoms with E-state index in [1.54, 1.807) is 35.0 Å². The van der Waals surface area contributed by atoms with E-state index < -0.39 is 0 Å². The van der Waals surface area contributed by atoms with E-state index in [9.17, 15) is 9.18 Å². The molecule has 0 fully saturated rings. The second-order valence-corrected chi connectivity index (χ2v) is 8.34. The zero-order valence-corrected chi connectivity index (χ0v) is 18.5. The Hall–Kier alpha value is -4.10. The van der Waals surface area contributed by atoms with Gasteiger partial charge in [-0.1, -0.05) is 42.5 Å². The van der Waals surface area contributed by atoms with Gasteiger partial charge < -0.3 is 5.32 Å². The summed E-state index contributed by atoms with van der Waals surface area (Å²) < 4.78 is 14.8. The van der Waals surface area contributed by atoms with Gasteiger partial charge in [-0.3, -0.25) is 4.79 Å². The smallest absolute Gasteiger partial charge is 0.256 e. The number of nitrogens with one attached hydrogen (secondary N) is 1. The molecule has 1 N–H and O–H groups in total. The highest BCUT2D eigenvalue weighted by molar-refractivity contribution is 7.12. The van der Waals surface area contributed by atoms with Crippen molar-refractivity contribution in [3.05, 3.63) is 107 Å². The first-order valence-electron chi connectivity index (χ1n) is 10.3. The Kier molecular flexibility index (Phi) is 5.54. The standard InChI is InChI=1S/C26H19FN4OS/c1-17-15-24(29-25(32)21-9-7-19(8-10-21)18-5-3-2-4-6-18)31(30-17)26-28-23(16-33-26)20-11-13-22(27)14-12-20/h2-16H,1H3,(H,29,32). The Morgan fingerprint density at radius 3 is 2.30 bits per heavy atom. The lowest BCUT2D eigenvalue weighted by molar-refractivity contribution is 0.102. The van der Waals surface area contributed by atoms with Gasteiger partial charge in [-0.25, -0.2) is 9.37 Å². The van der Waals surface area contributed by atoms with E-state index in [-0.39, 0.29) is 11.7 Å². The third-order valence-corrected chi connectivity index (χ3v) is 5.96. The van der Waals surface area contributed by atoms with Gasteiger partial charge in [0.05, 0.1) is 11.4 Å². The van der Waals surface area contributed by atoms with E-state index in [1.807, 2.05) is 54.8 Å². The summed E-state index contributed by atoms with van der Waals surface area (Å²) in [6.07, 6.45) is 0. The van der Waals surface area contributed by atoms with Crippen molar-refractivity contribution in [1.29, 1.82) is 0 Å². The molecule has 0 bridgehead atoms. The maximum absolute atomic E-state index is 13.2. The highest BCUT2D eigenvalue weighted by Crippen LogP contribution is 2.27. The molecule has 0 atom stereocenters. The largest absolute Gasteiger partial charge is 0.306 e. The van der Waals surface area contributed by atoms with E-state index >= 15 is 0 Å². The Balaban J connectivity index is 1.37. The lowest BCUT2D eigenvalue weighted by Crippen LogP contribution is -2.15. The minimum absolute atomic E-state index is 0.230. The first kappa shape index (κ1) is 20.8. The van der Waals surface area contributed by atoms with Crippen LogP contribution in [0.2, 0.25) is 0 Å². The van der Waals surface area contributed by atoms with E-state index in [0.29, 0.717) is 16.5 Å². The topological polar surface area (TPSA) is 59.8 Å². The van der Waals surface area contributed by atoms with Crippen molar-refractivity contribution >= 4 is 23.1 Å². The average molecular weight is 455 g/mol. The van der Waals surface area contributed by atoms with E-state index in [2.05, 4.69) is 15.4 Å². The first-order valence-corrected chi connectivity index (χ1v) is 11.2. The van der Waals surface area contributed by atoms with Gasteiger partial charge in [0, 0.05) is 22.6 Å². The van der Waals surface area contributed by atoms with Crippen LogP contribution in [0.4, 0.5) is 10.2 Å². The normalized spacial score (nSPS) is 10.8. The van der Waals surface area contributed by atoms with Crippen LogP contribution in [0.5, 0.6) is 0 Å². The number of rotatable bonds is 5. The summed E-state index contributed by atoms with van der Waals surface area (Å²) in [7, 11) is 0. The quantitative estimate of drug-likeness (QED) is 0.336. The van der Waals surface area contributed by atoms with Gasteiger partial charge in [0.25, 0.3) is 5.91 Å². The van der Waals surface area contributed by atoms with E-state index in [1.165, 1.54) is 23.5 Å². The highest BCUT2D eigenvalue weighted by Gasteiger charge is 2.15. The minimum Gasteiger partial charge on any atom is -0.306 e. The molecule has 5 nitrogen and oxygen atoms in total. The summed E-state index contributed by atoms with van der Waals surface area (Å²) in [5, 5.41) is 9.92. The summed E-state index contributed by atoms with van der Waals surface area (Å²) in [6, 6.07) is 25.5. The number of carbonyl (C=O) groups excluding carboxylic acids is 1. The predicted octanol–water partition coefficient (Wildman–Crippen LogP) is 6.36. The number of nitrogens with zero attached hydrogens (tertiary/aromatic N) is 3. The number of aryl methyl sites for hydroxylation is 1. The van der Waals surface area contributed by atoms with Gasteiger partial charge in [0.15, 0.2) is 0 Å². The van der Waals surface area contributed by atoms with Crippen LogP contribution in [0.25, 0.3) is 27.5 Å². The molecular weight excluding hydrogens is 435 g/mol. The first-order chi connectivity index (χ1) is 16.1. The molecule has 5 aromatic rings. The van der Waals surface area contributed by atoms with Crippen molar-refractivity contribution in [3.8, 4) is 27.5 Å². The van der Waals surface area contributed by atoms with Gasteiger partial charge in [-0.2, -0.15) is 9.78 Å². The van der Waals surface area contributed by atoms with Crippen LogP contribution in [0.15, 0.2) is 90.3 Å². The van der Waals surface area contributed by atoms with Gasteiger partial charge >= 0.3 is 0 Å². The van der Waals surface area contributed by atoms with Crippen LogP contribution < -0.4 is 5.32 Å². The highest BCUT2D eigenvalue weighted by atomic mass is 32.1. The second-order valence-electron chi connectivity index (χ2n) is 7.50. The maximum atomic E-state index is 13.2. The van der Waals surface area contributed by atoms with Crippen molar-refractivity contribution in [1.82, 2.24) is 14.8 Å². The van der Waals surface area contributed by atoms with Gasteiger partial charge in [-0.15, -0.1) is 11.3 Å². The molecule has 0 saturated heterocycles. The second kappa shape index (κ2) is 8.80. The molecule has 162 valence electrons. The fraction of sp³-hybridized carbons (Fsp3) is 0.0385. The molecule has 2 heterocycles. The number of anilines is 1. The van der Waals surface area contributed by atoms with Crippen LogP contribution in [-0.2, 0) is 0 Å². The lowest BCUT2D eigenvalue weighted by atomic mass is 10.0. The number of hydrogen-bond donors (Lipinski definition) is 1. The summed E-state index contributed by atoms with van der Waals surface area (Å²) in [4.78, 5) is 17.5. The van der Waals surface area contributed by atoms with Gasteiger partial charge in [-0.05, 0) is 54.4 Å². The Labute approximate surface area is 194 Å². The maximum Gasteiger partial charge on any atom is 0.256 e. The molecule has 0 aliphatic carbocycles. The van der Waals surface area contributed by atoms with Crippen LogP contribution in [0.3, 0.4) is 0 Å². The number of carbonyl (C=O) groups is 1. The summed E-state index contributed by atoms with van der Waals surface area (Å²) >= 11 is 1.40. The van der Waals surface area contributed by atoms with Crippen molar-refractivity contribution in [2.24, 2.45) is 0 Å². The SMILES string of the molecule is Cc1cc(NC(=O)c2ccc(-c3ccccc3)cc2)n(-c2nc(-c3ccc(F)cc3)cs2)n1. The molecule has 7 heteroatoms. The van der Waals surface area contributed by atoms with Crippen molar-refractivity contribution < 1.29 is 9.18 Å². The number of halogens is 1. The van der Waals surface area contributed by atoms with Crippen LogP contribution in [0.1, 0.15) is 16.1 Å². The Bertz CT molecular complexity index is 1410. The predicted molar refractivity (Wildman–Crippen MR) is 129 cm³/mol. The number of hydrogen-bond acceptors (Lipinski definition) is 4. The molecule has 0 saturated carbocycles. The third kappa shape index (κ3) is 4.44. The molecule has 5 rings (SSSR count). The third-order valence-electron chi connectivity index (χ3n) is 5.14. The van der Waals surface area contributed by atoms with Crippen molar-refractivity contribution in [2.45, 2.75) is 6.92 Å². The van der Waals surface area contributed by atoms with E-state index in [0.717, 1.165) is 28.1 Å².